The van der Waals surface area contributed by atoms with Gasteiger partial charge in [0.05, 0.1) is 5.54 Å². The minimum Gasteiger partial charge on any atom is -0.354 e. The van der Waals surface area contributed by atoms with E-state index < -0.39 is 5.54 Å². The minimum absolute atomic E-state index is 0. The maximum absolute atomic E-state index is 11.7. The molecule has 3 aliphatic carbocycles. The van der Waals surface area contributed by atoms with E-state index in [9.17, 15) is 4.79 Å². The Hall–Kier alpha value is -0.280. The van der Waals surface area contributed by atoms with Gasteiger partial charge in [0.25, 0.3) is 0 Å². The average Bonchev–Trinajstić information content (AvgIpc) is 2.98. The number of carbonyl (C=O) groups is 1. The molecule has 0 saturated heterocycles. The summed E-state index contributed by atoms with van der Waals surface area (Å²) in [4.78, 5) is 11.7. The predicted molar refractivity (Wildman–Crippen MR) is 65.4 cm³/mol. The molecule has 3 nitrogen and oxygen atoms in total. The van der Waals surface area contributed by atoms with Gasteiger partial charge in [0.1, 0.15) is 0 Å². The van der Waals surface area contributed by atoms with Crippen LogP contribution >= 0.6 is 12.4 Å². The number of nitrogens with two attached hydrogens (primary N) is 1. The van der Waals surface area contributed by atoms with E-state index in [1.807, 2.05) is 0 Å². The first-order valence-electron chi connectivity index (χ1n) is 6.22. The summed E-state index contributed by atoms with van der Waals surface area (Å²) >= 11 is 0. The standard InChI is InChI=1S/C12H20N2O.ClH/c13-12(6-7-12)10(15)14-8-11(4-1-5-11)9-2-3-9;/h9H,1-8,13H2,(H,14,15);1H. The van der Waals surface area contributed by atoms with E-state index in [4.69, 9.17) is 5.73 Å². The molecule has 0 atom stereocenters. The van der Waals surface area contributed by atoms with Crippen LogP contribution in [0.25, 0.3) is 0 Å². The van der Waals surface area contributed by atoms with Gasteiger partial charge >= 0.3 is 0 Å². The zero-order valence-corrected chi connectivity index (χ0v) is 10.4. The van der Waals surface area contributed by atoms with Crippen LogP contribution in [-0.4, -0.2) is 18.0 Å². The van der Waals surface area contributed by atoms with E-state index >= 15 is 0 Å². The Labute approximate surface area is 103 Å². The summed E-state index contributed by atoms with van der Waals surface area (Å²) in [6.07, 6.45) is 8.48. The zero-order valence-electron chi connectivity index (χ0n) is 9.63. The van der Waals surface area contributed by atoms with Gasteiger partial charge in [-0.25, -0.2) is 0 Å². The van der Waals surface area contributed by atoms with E-state index in [0.717, 1.165) is 25.3 Å². The summed E-state index contributed by atoms with van der Waals surface area (Å²) in [5.41, 5.74) is 5.84. The Kier molecular flexibility index (Phi) is 2.96. The van der Waals surface area contributed by atoms with Crippen LogP contribution in [0.5, 0.6) is 0 Å². The van der Waals surface area contributed by atoms with Gasteiger partial charge in [0, 0.05) is 6.54 Å². The van der Waals surface area contributed by atoms with Gasteiger partial charge in [-0.15, -0.1) is 12.4 Å². The third-order valence-corrected chi connectivity index (χ3v) is 4.63. The van der Waals surface area contributed by atoms with Crippen molar-refractivity contribution < 1.29 is 4.79 Å². The van der Waals surface area contributed by atoms with Crippen LogP contribution in [0, 0.1) is 11.3 Å². The summed E-state index contributed by atoms with van der Waals surface area (Å²) in [7, 11) is 0. The monoisotopic (exact) mass is 244 g/mol. The number of hydrogen-bond acceptors (Lipinski definition) is 2. The minimum atomic E-state index is -0.492. The molecule has 0 bridgehead atoms. The van der Waals surface area contributed by atoms with Crippen molar-refractivity contribution in [2.24, 2.45) is 17.1 Å². The molecule has 0 radical (unpaired) electrons. The number of rotatable bonds is 4. The third kappa shape index (κ3) is 1.95. The number of halogens is 1. The van der Waals surface area contributed by atoms with Gasteiger partial charge in [0.15, 0.2) is 0 Å². The first-order chi connectivity index (χ1) is 7.15. The molecule has 3 N–H and O–H groups in total. The summed E-state index contributed by atoms with van der Waals surface area (Å²) < 4.78 is 0. The predicted octanol–water partition coefficient (Wildman–Crippen LogP) is 1.60. The molecule has 3 rings (SSSR count). The Bertz CT molecular complexity index is 293. The summed E-state index contributed by atoms with van der Waals surface area (Å²) in [5, 5.41) is 3.09. The topological polar surface area (TPSA) is 55.1 Å². The highest BCUT2D eigenvalue weighted by Crippen LogP contribution is 2.56. The van der Waals surface area contributed by atoms with Crippen molar-refractivity contribution in [3.8, 4) is 0 Å². The van der Waals surface area contributed by atoms with Crippen molar-refractivity contribution in [3.05, 3.63) is 0 Å². The highest BCUT2D eigenvalue weighted by atomic mass is 35.5. The van der Waals surface area contributed by atoms with Crippen LogP contribution in [0.2, 0.25) is 0 Å². The van der Waals surface area contributed by atoms with E-state index in [1.54, 1.807) is 0 Å². The van der Waals surface area contributed by atoms with Gasteiger partial charge < -0.3 is 11.1 Å². The van der Waals surface area contributed by atoms with E-state index in [2.05, 4.69) is 5.32 Å². The fraction of sp³-hybridized carbons (Fsp3) is 0.917. The molecule has 3 saturated carbocycles. The largest absolute Gasteiger partial charge is 0.354 e. The normalized spacial score (nSPS) is 28.6. The fourth-order valence-electron chi connectivity index (χ4n) is 2.85. The van der Waals surface area contributed by atoms with Crippen LogP contribution in [0.15, 0.2) is 0 Å². The van der Waals surface area contributed by atoms with Gasteiger partial charge in [-0.1, -0.05) is 6.42 Å². The van der Waals surface area contributed by atoms with Crippen LogP contribution in [-0.2, 0) is 4.79 Å². The molecule has 0 spiro atoms. The van der Waals surface area contributed by atoms with E-state index in [-0.39, 0.29) is 18.3 Å². The smallest absolute Gasteiger partial charge is 0.240 e. The Balaban J connectivity index is 0.000000963. The SMILES string of the molecule is Cl.NC1(C(=O)NCC2(C3CC3)CCC2)CC1. The Morgan fingerprint density at radius 2 is 1.88 bits per heavy atom. The molecule has 0 aromatic rings. The second kappa shape index (κ2) is 3.88. The maximum Gasteiger partial charge on any atom is 0.240 e. The molecule has 4 heteroatoms. The number of nitrogens with one attached hydrogen (secondary N) is 1. The summed E-state index contributed by atoms with van der Waals surface area (Å²) in [6, 6.07) is 0. The van der Waals surface area contributed by atoms with E-state index in [0.29, 0.717) is 5.41 Å². The molecule has 0 unspecified atom stereocenters. The molecular formula is C12H21ClN2O. The maximum atomic E-state index is 11.7. The van der Waals surface area contributed by atoms with Gasteiger partial charge in [-0.3, -0.25) is 4.79 Å². The Morgan fingerprint density at radius 3 is 2.25 bits per heavy atom. The molecule has 3 fully saturated rings. The third-order valence-electron chi connectivity index (χ3n) is 4.63. The second-order valence-corrected chi connectivity index (χ2v) is 5.83. The van der Waals surface area contributed by atoms with Crippen molar-refractivity contribution in [1.29, 1.82) is 0 Å². The van der Waals surface area contributed by atoms with Crippen LogP contribution in [0.1, 0.15) is 44.9 Å². The highest BCUT2D eigenvalue weighted by Gasteiger charge is 2.51. The first-order valence-corrected chi connectivity index (χ1v) is 6.22. The lowest BCUT2D eigenvalue weighted by Gasteiger charge is -2.42. The highest BCUT2D eigenvalue weighted by molar-refractivity contribution is 5.89. The number of carbonyl (C=O) groups excluding carboxylic acids is 1. The second-order valence-electron chi connectivity index (χ2n) is 5.83. The molecular weight excluding hydrogens is 224 g/mol. The van der Waals surface area contributed by atoms with Gasteiger partial charge in [-0.05, 0) is 49.9 Å². The van der Waals surface area contributed by atoms with Crippen molar-refractivity contribution in [3.63, 3.8) is 0 Å². The quantitative estimate of drug-likeness (QED) is 0.789. The van der Waals surface area contributed by atoms with Crippen molar-refractivity contribution in [2.45, 2.75) is 50.5 Å². The fourth-order valence-corrected chi connectivity index (χ4v) is 2.85. The molecule has 0 aromatic heterocycles. The van der Waals surface area contributed by atoms with Crippen molar-refractivity contribution in [1.82, 2.24) is 5.32 Å². The number of amides is 1. The molecule has 0 aliphatic heterocycles. The molecule has 1 amide bonds. The molecule has 92 valence electrons. The number of hydrogen-bond donors (Lipinski definition) is 2. The summed E-state index contributed by atoms with van der Waals surface area (Å²) in [5.74, 6) is 0.994. The van der Waals surface area contributed by atoms with Crippen LogP contribution in [0.3, 0.4) is 0 Å². The van der Waals surface area contributed by atoms with Crippen molar-refractivity contribution >= 4 is 18.3 Å². The molecule has 16 heavy (non-hydrogen) atoms. The lowest BCUT2D eigenvalue weighted by Crippen LogP contribution is -2.49. The van der Waals surface area contributed by atoms with Gasteiger partial charge in [-0.2, -0.15) is 0 Å². The summed E-state index contributed by atoms with van der Waals surface area (Å²) in [6.45, 7) is 0.884. The van der Waals surface area contributed by atoms with Crippen molar-refractivity contribution in [2.75, 3.05) is 6.54 Å². The average molecular weight is 245 g/mol. The lowest BCUT2D eigenvalue weighted by molar-refractivity contribution is -0.124. The Morgan fingerprint density at radius 1 is 1.25 bits per heavy atom. The first kappa shape index (κ1) is 12.2. The van der Waals surface area contributed by atoms with E-state index in [1.165, 1.54) is 32.1 Å². The zero-order chi connectivity index (χ0) is 10.5. The van der Waals surface area contributed by atoms with Crippen LogP contribution < -0.4 is 11.1 Å². The molecule has 0 aromatic carbocycles. The lowest BCUT2D eigenvalue weighted by atomic mass is 9.65. The molecule has 3 aliphatic rings. The molecule has 0 heterocycles. The van der Waals surface area contributed by atoms with Gasteiger partial charge in [0.2, 0.25) is 5.91 Å². The van der Waals surface area contributed by atoms with Crippen LogP contribution in [0.4, 0.5) is 0 Å².